The summed E-state index contributed by atoms with van der Waals surface area (Å²) < 4.78 is 43.4. The Bertz CT molecular complexity index is 513. The number of hydrogen-bond donors (Lipinski definition) is 0. The lowest BCUT2D eigenvalue weighted by Crippen LogP contribution is -2.51. The van der Waals surface area contributed by atoms with Crippen LogP contribution >= 0.6 is 15.9 Å². The van der Waals surface area contributed by atoms with Crippen LogP contribution in [-0.4, -0.2) is 25.7 Å². The van der Waals surface area contributed by atoms with Gasteiger partial charge in [0.05, 0.1) is 18.1 Å². The minimum absolute atomic E-state index is 0.261. The largest absolute Gasteiger partial charge is 0.466 e. The molecule has 1 aromatic carbocycles. The number of nitrogens with zero attached hydrogens (tertiary/aromatic N) is 1. The van der Waals surface area contributed by atoms with Crippen LogP contribution in [0.1, 0.15) is 12.5 Å². The molecule has 1 aromatic rings. The van der Waals surface area contributed by atoms with Gasteiger partial charge in [-0.2, -0.15) is 13.2 Å². The van der Waals surface area contributed by atoms with Crippen LogP contribution in [0.25, 0.3) is 0 Å². The van der Waals surface area contributed by atoms with Gasteiger partial charge in [-0.05, 0) is 25.1 Å². The molecule has 1 saturated heterocycles. The van der Waals surface area contributed by atoms with Gasteiger partial charge in [-0.25, -0.2) is 0 Å². The Balaban J connectivity index is 2.09. The Morgan fingerprint density at radius 3 is 2.60 bits per heavy atom. The van der Waals surface area contributed by atoms with Crippen molar-refractivity contribution in [1.82, 2.24) is 0 Å². The molecule has 0 aromatic heterocycles. The number of rotatable bonds is 3. The first-order chi connectivity index (χ1) is 9.31. The zero-order chi connectivity index (χ0) is 14.9. The molecule has 7 heteroatoms. The maximum Gasteiger partial charge on any atom is 0.416 e. The Morgan fingerprint density at radius 1 is 1.40 bits per heavy atom. The van der Waals surface area contributed by atoms with Crippen molar-refractivity contribution in [1.29, 1.82) is 0 Å². The first-order valence-corrected chi connectivity index (χ1v) is 6.90. The van der Waals surface area contributed by atoms with Crippen LogP contribution in [0.3, 0.4) is 0 Å². The number of carbonyl (C=O) groups excluding carboxylic acids is 1. The molecule has 1 aliphatic rings. The number of carbonyl (C=O) groups is 1. The molecule has 0 amide bonds. The second kappa shape index (κ2) is 5.63. The van der Waals surface area contributed by atoms with Crippen LogP contribution in [0.4, 0.5) is 18.9 Å². The van der Waals surface area contributed by atoms with E-state index in [2.05, 4.69) is 15.9 Å². The SMILES string of the molecule is CCOC(=O)C1CN(c2cc(Br)cc(C(F)(F)F)c2)C1. The number of alkyl halides is 3. The molecule has 0 aliphatic carbocycles. The highest BCUT2D eigenvalue weighted by Gasteiger charge is 2.36. The average molecular weight is 352 g/mol. The van der Waals surface area contributed by atoms with E-state index in [-0.39, 0.29) is 11.9 Å². The average Bonchev–Trinajstić information content (AvgIpc) is 2.25. The number of anilines is 1. The van der Waals surface area contributed by atoms with Gasteiger partial charge in [0.2, 0.25) is 0 Å². The van der Waals surface area contributed by atoms with Crippen molar-refractivity contribution < 1.29 is 22.7 Å². The summed E-state index contributed by atoms with van der Waals surface area (Å²) in [5.74, 6) is -0.557. The van der Waals surface area contributed by atoms with Crippen LogP contribution in [-0.2, 0) is 15.7 Å². The van der Waals surface area contributed by atoms with Crippen LogP contribution in [0.15, 0.2) is 22.7 Å². The number of ether oxygens (including phenoxy) is 1. The lowest BCUT2D eigenvalue weighted by atomic mass is 9.99. The van der Waals surface area contributed by atoms with Crippen LogP contribution < -0.4 is 4.90 Å². The summed E-state index contributed by atoms with van der Waals surface area (Å²) >= 11 is 3.08. The van der Waals surface area contributed by atoms with Gasteiger partial charge in [0, 0.05) is 23.2 Å². The van der Waals surface area contributed by atoms with E-state index in [9.17, 15) is 18.0 Å². The predicted molar refractivity (Wildman–Crippen MR) is 71.5 cm³/mol. The molecule has 1 fully saturated rings. The molecular formula is C13H13BrF3NO2. The van der Waals surface area contributed by atoms with E-state index in [1.54, 1.807) is 17.9 Å². The molecule has 1 heterocycles. The highest BCUT2D eigenvalue weighted by atomic mass is 79.9. The summed E-state index contributed by atoms with van der Waals surface area (Å²) in [5, 5.41) is 0. The summed E-state index contributed by atoms with van der Waals surface area (Å²) in [6.07, 6.45) is -4.38. The van der Waals surface area contributed by atoms with Crippen molar-refractivity contribution in [2.24, 2.45) is 5.92 Å². The van der Waals surface area contributed by atoms with Crippen molar-refractivity contribution in [2.75, 3.05) is 24.6 Å². The predicted octanol–water partition coefficient (Wildman–Crippen LogP) is 3.47. The number of halogens is 4. The van der Waals surface area contributed by atoms with Crippen LogP contribution in [0, 0.1) is 5.92 Å². The van der Waals surface area contributed by atoms with E-state index < -0.39 is 11.7 Å². The summed E-state index contributed by atoms with van der Waals surface area (Å²) in [6, 6.07) is 3.73. The molecule has 0 spiro atoms. The monoisotopic (exact) mass is 351 g/mol. The third-order valence-corrected chi connectivity index (χ3v) is 3.53. The lowest BCUT2D eigenvalue weighted by molar-refractivity contribution is -0.148. The fourth-order valence-corrected chi connectivity index (χ4v) is 2.50. The van der Waals surface area contributed by atoms with Crippen LogP contribution in [0.5, 0.6) is 0 Å². The quantitative estimate of drug-likeness (QED) is 0.781. The van der Waals surface area contributed by atoms with Gasteiger partial charge in [0.25, 0.3) is 0 Å². The highest BCUT2D eigenvalue weighted by molar-refractivity contribution is 9.10. The maximum atomic E-state index is 12.7. The number of benzene rings is 1. The van der Waals surface area contributed by atoms with E-state index in [0.29, 0.717) is 29.9 Å². The molecule has 0 atom stereocenters. The summed E-state index contributed by atoms with van der Waals surface area (Å²) in [4.78, 5) is 13.2. The van der Waals surface area contributed by atoms with Crippen molar-refractivity contribution in [3.63, 3.8) is 0 Å². The third kappa shape index (κ3) is 3.26. The summed E-state index contributed by atoms with van der Waals surface area (Å²) in [6.45, 7) is 2.79. The minimum atomic E-state index is -4.38. The number of hydrogen-bond acceptors (Lipinski definition) is 3. The normalized spacial score (nSPS) is 15.9. The van der Waals surface area contributed by atoms with Crippen molar-refractivity contribution in [3.8, 4) is 0 Å². The smallest absolute Gasteiger partial charge is 0.416 e. The maximum absolute atomic E-state index is 12.7. The molecule has 0 saturated carbocycles. The molecule has 110 valence electrons. The molecule has 2 rings (SSSR count). The van der Waals surface area contributed by atoms with Gasteiger partial charge in [0.1, 0.15) is 0 Å². The van der Waals surface area contributed by atoms with E-state index >= 15 is 0 Å². The zero-order valence-electron chi connectivity index (χ0n) is 10.7. The molecule has 0 bridgehead atoms. The van der Waals surface area contributed by atoms with E-state index in [1.807, 2.05) is 0 Å². The third-order valence-electron chi connectivity index (χ3n) is 3.08. The second-order valence-corrected chi connectivity index (χ2v) is 5.47. The molecule has 0 unspecified atom stereocenters. The van der Waals surface area contributed by atoms with Gasteiger partial charge in [-0.1, -0.05) is 15.9 Å². The first-order valence-electron chi connectivity index (χ1n) is 6.10. The minimum Gasteiger partial charge on any atom is -0.466 e. The Morgan fingerprint density at radius 2 is 2.05 bits per heavy atom. The molecule has 0 N–H and O–H groups in total. The van der Waals surface area contributed by atoms with Crippen molar-refractivity contribution in [2.45, 2.75) is 13.1 Å². The van der Waals surface area contributed by atoms with E-state index in [4.69, 9.17) is 4.74 Å². The number of esters is 1. The van der Waals surface area contributed by atoms with Gasteiger partial charge >= 0.3 is 12.1 Å². The Hall–Kier alpha value is -1.24. The van der Waals surface area contributed by atoms with Crippen molar-refractivity contribution in [3.05, 3.63) is 28.2 Å². The van der Waals surface area contributed by atoms with Gasteiger partial charge in [0.15, 0.2) is 0 Å². The first kappa shape index (κ1) is 15.2. The molecule has 0 radical (unpaired) electrons. The lowest BCUT2D eigenvalue weighted by Gasteiger charge is -2.39. The van der Waals surface area contributed by atoms with Gasteiger partial charge in [-0.15, -0.1) is 0 Å². The fourth-order valence-electron chi connectivity index (χ4n) is 2.02. The van der Waals surface area contributed by atoms with E-state index in [0.717, 1.165) is 12.1 Å². The molecule has 20 heavy (non-hydrogen) atoms. The van der Waals surface area contributed by atoms with Crippen LogP contribution in [0.2, 0.25) is 0 Å². The van der Waals surface area contributed by atoms with Crippen molar-refractivity contribution >= 4 is 27.6 Å². The summed E-state index contributed by atoms with van der Waals surface area (Å²) in [7, 11) is 0. The molecule has 3 nitrogen and oxygen atoms in total. The Labute approximate surface area is 122 Å². The fraction of sp³-hybridized carbons (Fsp3) is 0.462. The Kier molecular flexibility index (Phi) is 4.27. The second-order valence-electron chi connectivity index (χ2n) is 4.55. The van der Waals surface area contributed by atoms with Gasteiger partial charge in [-0.3, -0.25) is 4.79 Å². The van der Waals surface area contributed by atoms with Gasteiger partial charge < -0.3 is 9.64 Å². The standard InChI is InChI=1S/C13H13BrF3NO2/c1-2-20-12(19)8-6-18(7-8)11-4-9(13(15,16)17)3-10(14)5-11/h3-5,8H,2,6-7H2,1H3. The topological polar surface area (TPSA) is 29.5 Å². The van der Waals surface area contributed by atoms with E-state index in [1.165, 1.54) is 0 Å². The summed E-state index contributed by atoms with van der Waals surface area (Å²) in [5.41, 5.74) is -0.256. The zero-order valence-corrected chi connectivity index (χ0v) is 12.3. The molecular weight excluding hydrogens is 339 g/mol. The molecule has 1 aliphatic heterocycles. The highest BCUT2D eigenvalue weighted by Crippen LogP contribution is 2.36.